The highest BCUT2D eigenvalue weighted by atomic mass is 35.5. The van der Waals surface area contributed by atoms with E-state index in [0.717, 1.165) is 0 Å². The minimum atomic E-state index is -0.409. The zero-order valence-corrected chi connectivity index (χ0v) is 9.64. The molecule has 2 rings (SSSR count). The fraction of sp³-hybridized carbons (Fsp3) is 0. The molecule has 0 saturated carbocycles. The van der Waals surface area contributed by atoms with Gasteiger partial charge in [0.05, 0.1) is 0 Å². The lowest BCUT2D eigenvalue weighted by molar-refractivity contribution is 0.626. The predicted molar refractivity (Wildman–Crippen MR) is 66.9 cm³/mol. The molecule has 0 atom stereocenters. The lowest BCUT2D eigenvalue weighted by Crippen LogP contribution is -1.86. The van der Waals surface area contributed by atoms with Crippen LogP contribution in [0.15, 0.2) is 43.0 Å². The maximum absolute atomic E-state index is 13.3. The molecule has 0 heterocycles. The Labute approximate surface area is 103 Å². The first-order chi connectivity index (χ1) is 8.10. The van der Waals surface area contributed by atoms with Crippen LogP contribution in [0.4, 0.5) is 8.78 Å². The van der Waals surface area contributed by atoms with Gasteiger partial charge in [0.25, 0.3) is 0 Å². The quantitative estimate of drug-likeness (QED) is 0.709. The Hall–Kier alpha value is -1.67. The maximum atomic E-state index is 13.3. The van der Waals surface area contributed by atoms with Crippen LogP contribution in [0, 0.1) is 11.6 Å². The van der Waals surface area contributed by atoms with Gasteiger partial charge in [0, 0.05) is 10.6 Å². The number of rotatable bonds is 2. The first-order valence-electron chi connectivity index (χ1n) is 4.98. The van der Waals surface area contributed by atoms with Crippen molar-refractivity contribution in [1.29, 1.82) is 0 Å². The highest BCUT2D eigenvalue weighted by Crippen LogP contribution is 2.30. The molecule has 0 amide bonds. The molecule has 0 spiro atoms. The van der Waals surface area contributed by atoms with Gasteiger partial charge in [0.1, 0.15) is 11.6 Å². The molecule has 3 heteroatoms. The molecule has 0 radical (unpaired) electrons. The molecular formula is C14H9ClF2. The lowest BCUT2D eigenvalue weighted by Gasteiger charge is -2.06. The van der Waals surface area contributed by atoms with Crippen molar-refractivity contribution in [2.75, 3.05) is 0 Å². The molecule has 0 nitrogen and oxygen atoms in total. The molecule has 0 aliphatic rings. The third kappa shape index (κ3) is 2.53. The van der Waals surface area contributed by atoms with Gasteiger partial charge in [0.15, 0.2) is 0 Å². The molecule has 0 fully saturated rings. The molecule has 86 valence electrons. The first-order valence-corrected chi connectivity index (χ1v) is 5.36. The second kappa shape index (κ2) is 4.68. The fourth-order valence-electron chi connectivity index (χ4n) is 1.60. The number of hydrogen-bond donors (Lipinski definition) is 0. The molecule has 0 N–H and O–H groups in total. The van der Waals surface area contributed by atoms with Gasteiger partial charge in [-0.25, -0.2) is 8.78 Å². The Morgan fingerprint density at radius 2 is 1.76 bits per heavy atom. The van der Waals surface area contributed by atoms with E-state index in [1.165, 1.54) is 36.4 Å². The number of benzene rings is 2. The summed E-state index contributed by atoms with van der Waals surface area (Å²) in [6.45, 7) is 3.57. The van der Waals surface area contributed by atoms with Crippen LogP contribution in [-0.2, 0) is 0 Å². The topological polar surface area (TPSA) is 0 Å². The van der Waals surface area contributed by atoms with Crippen molar-refractivity contribution in [3.8, 4) is 11.1 Å². The zero-order chi connectivity index (χ0) is 12.4. The summed E-state index contributed by atoms with van der Waals surface area (Å²) in [6.07, 6.45) is 1.53. The third-order valence-corrected chi connectivity index (χ3v) is 2.72. The largest absolute Gasteiger partial charge is 0.207 e. The normalized spacial score (nSPS) is 10.3. The SMILES string of the molecule is C=Cc1cc(F)cc(-c2cc(F)ccc2Cl)c1. The lowest BCUT2D eigenvalue weighted by atomic mass is 10.0. The van der Waals surface area contributed by atoms with Gasteiger partial charge >= 0.3 is 0 Å². The molecule has 0 aliphatic carbocycles. The number of halogens is 3. The van der Waals surface area contributed by atoms with E-state index in [2.05, 4.69) is 6.58 Å². The van der Waals surface area contributed by atoms with E-state index < -0.39 is 11.6 Å². The molecule has 0 aliphatic heterocycles. The summed E-state index contributed by atoms with van der Waals surface area (Å²) in [7, 11) is 0. The Bertz CT molecular complexity index is 576. The standard InChI is InChI=1S/C14H9ClF2/c1-2-9-5-10(7-12(17)6-9)13-8-11(16)3-4-14(13)15/h2-8H,1H2. The summed E-state index contributed by atoms with van der Waals surface area (Å²) in [4.78, 5) is 0. The minimum Gasteiger partial charge on any atom is -0.207 e. The van der Waals surface area contributed by atoms with Crippen LogP contribution in [0.2, 0.25) is 5.02 Å². The molecule has 17 heavy (non-hydrogen) atoms. The molecule has 0 aromatic heterocycles. The van der Waals surface area contributed by atoms with Crippen LogP contribution < -0.4 is 0 Å². The Balaban J connectivity index is 2.63. The summed E-state index contributed by atoms with van der Waals surface area (Å²) < 4.78 is 26.5. The Morgan fingerprint density at radius 1 is 1.00 bits per heavy atom. The summed E-state index contributed by atoms with van der Waals surface area (Å²) in [5.74, 6) is -0.813. The average Bonchev–Trinajstić information content (AvgIpc) is 2.31. The molecular weight excluding hydrogens is 242 g/mol. The van der Waals surface area contributed by atoms with Gasteiger partial charge in [-0.15, -0.1) is 0 Å². The van der Waals surface area contributed by atoms with Crippen LogP contribution in [0.5, 0.6) is 0 Å². The molecule has 0 bridgehead atoms. The summed E-state index contributed by atoms with van der Waals surface area (Å²) in [5, 5.41) is 0.381. The molecule has 2 aromatic carbocycles. The van der Waals surface area contributed by atoms with Crippen molar-refractivity contribution in [2.45, 2.75) is 0 Å². The van der Waals surface area contributed by atoms with Crippen LogP contribution in [0.25, 0.3) is 17.2 Å². The minimum absolute atomic E-state index is 0.381. The van der Waals surface area contributed by atoms with Gasteiger partial charge in [-0.3, -0.25) is 0 Å². The fourth-order valence-corrected chi connectivity index (χ4v) is 1.83. The average molecular weight is 251 g/mol. The van der Waals surface area contributed by atoms with Gasteiger partial charge in [-0.2, -0.15) is 0 Å². The van der Waals surface area contributed by atoms with Crippen molar-refractivity contribution in [1.82, 2.24) is 0 Å². The van der Waals surface area contributed by atoms with E-state index in [0.29, 0.717) is 21.7 Å². The third-order valence-electron chi connectivity index (χ3n) is 2.40. The summed E-state index contributed by atoms with van der Waals surface area (Å²) >= 11 is 5.96. The van der Waals surface area contributed by atoms with E-state index in [4.69, 9.17) is 11.6 Å². The van der Waals surface area contributed by atoms with Gasteiger partial charge < -0.3 is 0 Å². The number of hydrogen-bond acceptors (Lipinski definition) is 0. The van der Waals surface area contributed by atoms with E-state index in [1.807, 2.05) is 0 Å². The van der Waals surface area contributed by atoms with Crippen LogP contribution in [0.3, 0.4) is 0 Å². The highest BCUT2D eigenvalue weighted by molar-refractivity contribution is 6.33. The van der Waals surface area contributed by atoms with Gasteiger partial charge in [-0.05, 0) is 47.5 Å². The summed E-state index contributed by atoms with van der Waals surface area (Å²) in [6, 6.07) is 8.36. The van der Waals surface area contributed by atoms with Crippen LogP contribution >= 0.6 is 11.6 Å². The monoisotopic (exact) mass is 250 g/mol. The van der Waals surface area contributed by atoms with Crippen molar-refractivity contribution < 1.29 is 8.78 Å². The predicted octanol–water partition coefficient (Wildman–Crippen LogP) is 4.93. The molecule has 2 aromatic rings. The Kier molecular flexibility index (Phi) is 3.25. The second-order valence-corrected chi connectivity index (χ2v) is 4.01. The van der Waals surface area contributed by atoms with Crippen molar-refractivity contribution >= 4 is 17.7 Å². The zero-order valence-electron chi connectivity index (χ0n) is 8.88. The van der Waals surface area contributed by atoms with E-state index >= 15 is 0 Å². The van der Waals surface area contributed by atoms with Crippen LogP contribution in [0.1, 0.15) is 5.56 Å². The highest BCUT2D eigenvalue weighted by Gasteiger charge is 2.07. The van der Waals surface area contributed by atoms with Gasteiger partial charge in [0.2, 0.25) is 0 Å². The van der Waals surface area contributed by atoms with Crippen molar-refractivity contribution in [3.05, 3.63) is 65.2 Å². The van der Waals surface area contributed by atoms with Crippen molar-refractivity contribution in [2.24, 2.45) is 0 Å². The van der Waals surface area contributed by atoms with E-state index in [1.54, 1.807) is 6.07 Å². The second-order valence-electron chi connectivity index (χ2n) is 3.60. The van der Waals surface area contributed by atoms with Crippen molar-refractivity contribution in [3.63, 3.8) is 0 Å². The summed E-state index contributed by atoms with van der Waals surface area (Å²) in [5.41, 5.74) is 1.62. The first kappa shape index (κ1) is 11.8. The Morgan fingerprint density at radius 3 is 2.47 bits per heavy atom. The smallest absolute Gasteiger partial charge is 0.124 e. The maximum Gasteiger partial charge on any atom is 0.124 e. The van der Waals surface area contributed by atoms with Crippen LogP contribution in [-0.4, -0.2) is 0 Å². The van der Waals surface area contributed by atoms with E-state index in [9.17, 15) is 8.78 Å². The molecule has 0 saturated heterocycles. The molecule has 0 unspecified atom stereocenters. The van der Waals surface area contributed by atoms with E-state index in [-0.39, 0.29) is 0 Å². The van der Waals surface area contributed by atoms with Gasteiger partial charge in [-0.1, -0.05) is 24.3 Å².